The third-order valence-electron chi connectivity index (χ3n) is 4.48. The molecule has 0 bridgehead atoms. The Balaban J connectivity index is 1.65. The van der Waals surface area contributed by atoms with E-state index in [9.17, 15) is 17.6 Å². The van der Waals surface area contributed by atoms with E-state index in [0.29, 0.717) is 11.3 Å². The molecule has 1 amide bonds. The number of hydrogen-bond donors (Lipinski definition) is 2. The summed E-state index contributed by atoms with van der Waals surface area (Å²) in [5.74, 6) is -0.380. The highest BCUT2D eigenvalue weighted by Crippen LogP contribution is 2.18. The standard InChI is InChI=1S/C22H23FN2O5S/c1-15-9-10-18(31(27,28)24-13-17-6-5-11-29-17)12-19(15)22(26)25-16(2)14-30-21-8-4-3-7-20(21)23/h3-12,16,24H,13-14H2,1-2H3,(H,25,26). The molecule has 0 fully saturated rings. The monoisotopic (exact) mass is 446 g/mol. The van der Waals surface area contributed by atoms with Crippen LogP contribution in [-0.4, -0.2) is 27.0 Å². The average Bonchev–Trinajstić information content (AvgIpc) is 3.25. The number of hydrogen-bond acceptors (Lipinski definition) is 5. The van der Waals surface area contributed by atoms with Gasteiger partial charge in [0.05, 0.1) is 23.7 Å². The van der Waals surface area contributed by atoms with E-state index in [1.165, 1.54) is 30.5 Å². The molecule has 3 rings (SSSR count). The van der Waals surface area contributed by atoms with E-state index in [-0.39, 0.29) is 29.4 Å². The lowest BCUT2D eigenvalue weighted by Gasteiger charge is -2.17. The maximum Gasteiger partial charge on any atom is 0.251 e. The fourth-order valence-electron chi connectivity index (χ4n) is 2.80. The second-order valence-electron chi connectivity index (χ2n) is 7.00. The van der Waals surface area contributed by atoms with Gasteiger partial charge in [0.2, 0.25) is 10.0 Å². The number of halogens is 1. The molecule has 1 atom stereocenters. The molecule has 0 radical (unpaired) electrons. The summed E-state index contributed by atoms with van der Waals surface area (Å²) in [5, 5.41) is 2.74. The van der Waals surface area contributed by atoms with Crippen LogP contribution in [0.4, 0.5) is 4.39 Å². The zero-order valence-corrected chi connectivity index (χ0v) is 17.9. The van der Waals surface area contributed by atoms with Crippen LogP contribution in [0.2, 0.25) is 0 Å². The number of amides is 1. The third-order valence-corrected chi connectivity index (χ3v) is 5.88. The van der Waals surface area contributed by atoms with Crippen LogP contribution in [0.3, 0.4) is 0 Å². The zero-order chi connectivity index (χ0) is 22.4. The van der Waals surface area contributed by atoms with Crippen molar-refractivity contribution < 1.29 is 26.8 Å². The molecule has 0 aliphatic carbocycles. The Labute approximate surface area is 180 Å². The van der Waals surface area contributed by atoms with Crippen molar-refractivity contribution in [1.29, 1.82) is 0 Å². The first kappa shape index (κ1) is 22.5. The van der Waals surface area contributed by atoms with Gasteiger partial charge in [-0.05, 0) is 55.8 Å². The number of ether oxygens (including phenoxy) is 1. The van der Waals surface area contributed by atoms with Crippen molar-refractivity contribution in [3.8, 4) is 5.75 Å². The van der Waals surface area contributed by atoms with Crippen molar-refractivity contribution in [3.63, 3.8) is 0 Å². The van der Waals surface area contributed by atoms with Crippen molar-refractivity contribution in [1.82, 2.24) is 10.0 Å². The van der Waals surface area contributed by atoms with Gasteiger partial charge in [0.25, 0.3) is 5.91 Å². The Kier molecular flexibility index (Phi) is 7.09. The van der Waals surface area contributed by atoms with E-state index >= 15 is 0 Å². The van der Waals surface area contributed by atoms with Crippen molar-refractivity contribution in [2.45, 2.75) is 31.3 Å². The first-order valence-electron chi connectivity index (χ1n) is 9.57. The number of rotatable bonds is 9. The second kappa shape index (κ2) is 9.76. The molecule has 0 saturated carbocycles. The highest BCUT2D eigenvalue weighted by molar-refractivity contribution is 7.89. The molecule has 164 valence electrons. The maximum atomic E-state index is 13.6. The summed E-state index contributed by atoms with van der Waals surface area (Å²) in [5.41, 5.74) is 0.836. The molecule has 0 aliphatic heterocycles. The van der Waals surface area contributed by atoms with E-state index in [4.69, 9.17) is 9.15 Å². The number of nitrogens with one attached hydrogen (secondary N) is 2. The summed E-state index contributed by atoms with van der Waals surface area (Å²) in [6.45, 7) is 3.46. The number of benzene rings is 2. The van der Waals surface area contributed by atoms with Gasteiger partial charge in [0.15, 0.2) is 11.6 Å². The first-order chi connectivity index (χ1) is 14.8. The summed E-state index contributed by atoms with van der Waals surface area (Å²) >= 11 is 0. The van der Waals surface area contributed by atoms with E-state index in [1.54, 1.807) is 44.2 Å². The van der Waals surface area contributed by atoms with Gasteiger partial charge in [-0.2, -0.15) is 0 Å². The predicted molar refractivity (Wildman–Crippen MR) is 113 cm³/mol. The summed E-state index contributed by atoms with van der Waals surface area (Å²) < 4.78 is 51.8. The van der Waals surface area contributed by atoms with Crippen LogP contribution < -0.4 is 14.8 Å². The second-order valence-corrected chi connectivity index (χ2v) is 8.76. The van der Waals surface area contributed by atoms with Gasteiger partial charge >= 0.3 is 0 Å². The fraction of sp³-hybridized carbons (Fsp3) is 0.227. The molecule has 1 unspecified atom stereocenters. The maximum absolute atomic E-state index is 13.6. The fourth-order valence-corrected chi connectivity index (χ4v) is 3.81. The normalized spacial score (nSPS) is 12.4. The van der Waals surface area contributed by atoms with Crippen LogP contribution in [0.5, 0.6) is 5.75 Å². The molecular weight excluding hydrogens is 423 g/mol. The lowest BCUT2D eigenvalue weighted by atomic mass is 10.1. The predicted octanol–water partition coefficient (Wildman–Crippen LogP) is 3.40. The smallest absolute Gasteiger partial charge is 0.251 e. The lowest BCUT2D eigenvalue weighted by Crippen LogP contribution is -2.37. The Morgan fingerprint density at radius 1 is 1.16 bits per heavy atom. The molecule has 9 heteroatoms. The minimum atomic E-state index is -3.84. The Bertz CT molecular complexity index is 1150. The first-order valence-corrected chi connectivity index (χ1v) is 11.1. The number of furan rings is 1. The van der Waals surface area contributed by atoms with Crippen LogP contribution in [-0.2, 0) is 16.6 Å². The van der Waals surface area contributed by atoms with E-state index in [0.717, 1.165) is 0 Å². The number of aryl methyl sites for hydroxylation is 1. The molecule has 0 aliphatic rings. The van der Waals surface area contributed by atoms with Gasteiger partial charge in [-0.25, -0.2) is 17.5 Å². The Morgan fingerprint density at radius 2 is 1.94 bits per heavy atom. The van der Waals surface area contributed by atoms with Gasteiger partial charge < -0.3 is 14.5 Å². The minimum Gasteiger partial charge on any atom is -0.488 e. The number of sulfonamides is 1. The number of para-hydroxylation sites is 1. The van der Waals surface area contributed by atoms with Gasteiger partial charge in [0, 0.05) is 5.56 Å². The van der Waals surface area contributed by atoms with Gasteiger partial charge in [-0.3, -0.25) is 4.79 Å². The largest absolute Gasteiger partial charge is 0.488 e. The van der Waals surface area contributed by atoms with Crippen LogP contribution in [0.25, 0.3) is 0 Å². The summed E-state index contributed by atoms with van der Waals surface area (Å²) in [6, 6.07) is 13.2. The average molecular weight is 447 g/mol. The van der Waals surface area contributed by atoms with E-state index < -0.39 is 27.8 Å². The van der Waals surface area contributed by atoms with Gasteiger partial charge in [-0.1, -0.05) is 18.2 Å². The molecule has 0 spiro atoms. The molecule has 2 aromatic carbocycles. The van der Waals surface area contributed by atoms with E-state index in [1.807, 2.05) is 0 Å². The summed E-state index contributed by atoms with van der Waals surface area (Å²) in [7, 11) is -3.84. The summed E-state index contributed by atoms with van der Waals surface area (Å²) in [4.78, 5) is 12.7. The number of carbonyl (C=O) groups excluding carboxylic acids is 1. The molecule has 2 N–H and O–H groups in total. The van der Waals surface area contributed by atoms with Crippen LogP contribution in [0.15, 0.2) is 70.2 Å². The topological polar surface area (TPSA) is 97.6 Å². The molecule has 0 saturated heterocycles. The molecular formula is C22H23FN2O5S. The quantitative estimate of drug-likeness (QED) is 0.525. The summed E-state index contributed by atoms with van der Waals surface area (Å²) in [6.07, 6.45) is 1.45. The van der Waals surface area contributed by atoms with Crippen molar-refractivity contribution >= 4 is 15.9 Å². The van der Waals surface area contributed by atoms with Crippen molar-refractivity contribution in [3.05, 3.63) is 83.6 Å². The Hall–Kier alpha value is -3.17. The lowest BCUT2D eigenvalue weighted by molar-refractivity contribution is 0.0925. The number of carbonyl (C=O) groups is 1. The van der Waals surface area contributed by atoms with Crippen LogP contribution >= 0.6 is 0 Å². The third kappa shape index (κ3) is 5.93. The van der Waals surface area contributed by atoms with E-state index in [2.05, 4.69) is 10.0 Å². The molecule has 3 aromatic rings. The Morgan fingerprint density at radius 3 is 2.65 bits per heavy atom. The zero-order valence-electron chi connectivity index (χ0n) is 17.1. The van der Waals surface area contributed by atoms with Crippen molar-refractivity contribution in [2.75, 3.05) is 6.61 Å². The highest BCUT2D eigenvalue weighted by atomic mass is 32.2. The molecule has 7 nitrogen and oxygen atoms in total. The van der Waals surface area contributed by atoms with Gasteiger partial charge in [-0.15, -0.1) is 0 Å². The molecule has 1 heterocycles. The molecule has 1 aromatic heterocycles. The molecule has 31 heavy (non-hydrogen) atoms. The van der Waals surface area contributed by atoms with Crippen molar-refractivity contribution in [2.24, 2.45) is 0 Å². The van der Waals surface area contributed by atoms with Gasteiger partial charge in [0.1, 0.15) is 12.4 Å². The minimum absolute atomic E-state index is 0.00480. The SMILES string of the molecule is Cc1ccc(S(=O)(=O)NCc2ccco2)cc1C(=O)NC(C)COc1ccccc1F. The van der Waals surface area contributed by atoms with Crippen LogP contribution in [0, 0.1) is 12.7 Å². The van der Waals surface area contributed by atoms with Crippen LogP contribution in [0.1, 0.15) is 28.6 Å². The highest BCUT2D eigenvalue weighted by Gasteiger charge is 2.19.